The van der Waals surface area contributed by atoms with Crippen molar-refractivity contribution in [1.82, 2.24) is 4.90 Å². The fourth-order valence-corrected chi connectivity index (χ4v) is 2.24. The molecule has 5 nitrogen and oxygen atoms in total. The lowest BCUT2D eigenvalue weighted by Crippen LogP contribution is -2.39. The van der Waals surface area contributed by atoms with Gasteiger partial charge in [-0.25, -0.2) is 4.79 Å². The number of hydrogen-bond acceptors (Lipinski definition) is 4. The normalized spacial score (nSPS) is 10.5. The van der Waals surface area contributed by atoms with Crippen LogP contribution in [0, 0.1) is 0 Å². The van der Waals surface area contributed by atoms with E-state index in [1.807, 2.05) is 44.4 Å². The van der Waals surface area contributed by atoms with E-state index in [9.17, 15) is 4.79 Å². The molecule has 0 radical (unpaired) electrons. The second-order valence-electron chi connectivity index (χ2n) is 4.54. The molecule has 0 aliphatic carbocycles. The van der Waals surface area contributed by atoms with Crippen LogP contribution >= 0.6 is 11.8 Å². The number of nitrogens with one attached hydrogen (secondary N) is 1. The number of carbonyl (C=O) groups is 1. The maximum Gasteiger partial charge on any atom is 0.321 e. The Morgan fingerprint density at radius 1 is 1.09 bits per heavy atom. The van der Waals surface area contributed by atoms with Crippen molar-refractivity contribution in [2.45, 2.75) is 18.7 Å². The molecule has 0 unspecified atom stereocenters. The zero-order valence-electron chi connectivity index (χ0n) is 13.6. The van der Waals surface area contributed by atoms with E-state index in [1.165, 1.54) is 4.90 Å². The summed E-state index contributed by atoms with van der Waals surface area (Å²) in [6.45, 7) is 7.35. The van der Waals surface area contributed by atoms with Crippen LogP contribution in [0.3, 0.4) is 0 Å². The molecule has 0 fully saturated rings. The lowest BCUT2D eigenvalue weighted by molar-refractivity contribution is 0.0957. The minimum atomic E-state index is -0.128. The number of ether oxygens (including phenoxy) is 2. The van der Waals surface area contributed by atoms with Gasteiger partial charge in [0.25, 0.3) is 0 Å². The van der Waals surface area contributed by atoms with Gasteiger partial charge in [-0.05, 0) is 44.4 Å². The number of anilines is 1. The molecule has 0 spiro atoms. The number of hydrogen-bond donors (Lipinski definition) is 1. The van der Waals surface area contributed by atoms with Crippen LogP contribution in [0.1, 0.15) is 13.8 Å². The Bertz CT molecular complexity index is 416. The number of nitrogens with zero attached hydrogens (tertiary/aromatic N) is 1. The lowest BCUT2D eigenvalue weighted by Gasteiger charge is -2.23. The molecule has 1 N–H and O–H groups in total. The van der Waals surface area contributed by atoms with Gasteiger partial charge in [0.05, 0.1) is 13.2 Å². The predicted octanol–water partition coefficient (Wildman–Crippen LogP) is 3.32. The van der Waals surface area contributed by atoms with Gasteiger partial charge in [0.2, 0.25) is 0 Å². The Morgan fingerprint density at radius 2 is 1.64 bits per heavy atom. The summed E-state index contributed by atoms with van der Waals surface area (Å²) in [6, 6.07) is 7.67. The third-order valence-corrected chi connectivity index (χ3v) is 3.79. The van der Waals surface area contributed by atoms with Gasteiger partial charge in [0.1, 0.15) is 0 Å². The highest BCUT2D eigenvalue weighted by molar-refractivity contribution is 7.98. The first-order valence-corrected chi connectivity index (χ1v) is 8.79. The van der Waals surface area contributed by atoms with Crippen molar-refractivity contribution >= 4 is 23.5 Å². The molecule has 1 rings (SSSR count). The van der Waals surface area contributed by atoms with Crippen LogP contribution in [-0.4, -0.2) is 56.7 Å². The molecule has 1 aromatic carbocycles. The van der Waals surface area contributed by atoms with Crippen molar-refractivity contribution in [2.75, 3.05) is 51.1 Å². The highest BCUT2D eigenvalue weighted by atomic mass is 32.2. The average Bonchev–Trinajstić information content (AvgIpc) is 2.54. The van der Waals surface area contributed by atoms with Gasteiger partial charge < -0.3 is 19.7 Å². The molecular formula is C16H26N2O3S. The summed E-state index contributed by atoms with van der Waals surface area (Å²) in [7, 11) is 0. The van der Waals surface area contributed by atoms with Gasteiger partial charge in [-0.1, -0.05) is 0 Å². The lowest BCUT2D eigenvalue weighted by atomic mass is 10.3. The SMILES string of the molecule is CCOCCN(CCOCC)C(=O)Nc1ccc(SC)cc1. The van der Waals surface area contributed by atoms with Gasteiger partial charge in [-0.15, -0.1) is 11.8 Å². The summed E-state index contributed by atoms with van der Waals surface area (Å²) in [5.74, 6) is 0. The van der Waals surface area contributed by atoms with E-state index in [0.717, 1.165) is 5.69 Å². The monoisotopic (exact) mass is 326 g/mol. The molecule has 0 bridgehead atoms. The van der Waals surface area contributed by atoms with E-state index in [-0.39, 0.29) is 6.03 Å². The van der Waals surface area contributed by atoms with Crippen LogP contribution in [0.2, 0.25) is 0 Å². The molecule has 0 saturated carbocycles. The number of benzene rings is 1. The van der Waals surface area contributed by atoms with Crippen molar-refractivity contribution in [3.8, 4) is 0 Å². The maximum atomic E-state index is 12.4. The Hall–Kier alpha value is -1.24. The molecule has 2 amide bonds. The van der Waals surface area contributed by atoms with E-state index in [1.54, 1.807) is 16.7 Å². The zero-order valence-corrected chi connectivity index (χ0v) is 14.4. The number of rotatable bonds is 10. The minimum Gasteiger partial charge on any atom is -0.380 e. The highest BCUT2D eigenvalue weighted by Gasteiger charge is 2.13. The zero-order chi connectivity index (χ0) is 16.2. The first-order valence-electron chi connectivity index (χ1n) is 7.56. The fourth-order valence-electron chi connectivity index (χ4n) is 1.83. The van der Waals surface area contributed by atoms with Crippen LogP contribution in [0.15, 0.2) is 29.2 Å². The molecule has 1 aromatic rings. The summed E-state index contributed by atoms with van der Waals surface area (Å²) in [5, 5.41) is 2.91. The molecule has 0 saturated heterocycles. The third-order valence-electron chi connectivity index (χ3n) is 3.05. The molecule has 22 heavy (non-hydrogen) atoms. The maximum absolute atomic E-state index is 12.4. The minimum absolute atomic E-state index is 0.128. The second kappa shape index (κ2) is 11.3. The van der Waals surface area contributed by atoms with Crippen LogP contribution in [0.5, 0.6) is 0 Å². The Morgan fingerprint density at radius 3 is 2.09 bits per heavy atom. The molecule has 0 aliphatic rings. The summed E-state index contributed by atoms with van der Waals surface area (Å²) in [4.78, 5) is 15.2. The van der Waals surface area contributed by atoms with Gasteiger partial charge in [-0.2, -0.15) is 0 Å². The molecule has 0 aromatic heterocycles. The van der Waals surface area contributed by atoms with Crippen molar-refractivity contribution in [3.63, 3.8) is 0 Å². The van der Waals surface area contributed by atoms with Gasteiger partial charge in [0.15, 0.2) is 0 Å². The van der Waals surface area contributed by atoms with Gasteiger partial charge in [-0.3, -0.25) is 0 Å². The summed E-state index contributed by atoms with van der Waals surface area (Å²) >= 11 is 1.67. The molecule has 6 heteroatoms. The first kappa shape index (κ1) is 18.8. The van der Waals surface area contributed by atoms with Crippen LogP contribution in [-0.2, 0) is 9.47 Å². The average molecular weight is 326 g/mol. The Kier molecular flexibility index (Phi) is 9.70. The molecular weight excluding hydrogens is 300 g/mol. The molecule has 0 aliphatic heterocycles. The first-order chi connectivity index (χ1) is 10.7. The third kappa shape index (κ3) is 7.15. The van der Waals surface area contributed by atoms with Crippen LogP contribution in [0.25, 0.3) is 0 Å². The van der Waals surface area contributed by atoms with Crippen molar-refractivity contribution in [2.24, 2.45) is 0 Å². The van der Waals surface area contributed by atoms with E-state index < -0.39 is 0 Å². The van der Waals surface area contributed by atoms with Crippen molar-refractivity contribution in [3.05, 3.63) is 24.3 Å². The highest BCUT2D eigenvalue weighted by Crippen LogP contribution is 2.17. The summed E-state index contributed by atoms with van der Waals surface area (Å²) in [5.41, 5.74) is 0.792. The van der Waals surface area contributed by atoms with Crippen molar-refractivity contribution < 1.29 is 14.3 Å². The topological polar surface area (TPSA) is 50.8 Å². The summed E-state index contributed by atoms with van der Waals surface area (Å²) < 4.78 is 10.7. The smallest absolute Gasteiger partial charge is 0.321 e. The summed E-state index contributed by atoms with van der Waals surface area (Å²) in [6.07, 6.45) is 2.02. The standard InChI is InChI=1S/C16H26N2O3S/c1-4-20-12-10-18(11-13-21-5-2)16(19)17-14-6-8-15(22-3)9-7-14/h6-9H,4-5,10-13H2,1-3H3,(H,17,19). The number of carbonyl (C=O) groups excluding carboxylic acids is 1. The number of thioether (sulfide) groups is 1. The number of urea groups is 1. The molecule has 124 valence electrons. The van der Waals surface area contributed by atoms with Gasteiger partial charge in [0, 0.05) is 36.9 Å². The van der Waals surface area contributed by atoms with E-state index in [4.69, 9.17) is 9.47 Å². The van der Waals surface area contributed by atoms with E-state index in [2.05, 4.69) is 5.32 Å². The van der Waals surface area contributed by atoms with Gasteiger partial charge >= 0.3 is 6.03 Å². The molecule has 0 heterocycles. The number of amides is 2. The fraction of sp³-hybridized carbons (Fsp3) is 0.562. The predicted molar refractivity (Wildman–Crippen MR) is 91.8 cm³/mol. The van der Waals surface area contributed by atoms with Crippen LogP contribution in [0.4, 0.5) is 10.5 Å². The van der Waals surface area contributed by atoms with E-state index in [0.29, 0.717) is 39.5 Å². The Balaban J connectivity index is 2.55. The largest absolute Gasteiger partial charge is 0.380 e. The van der Waals surface area contributed by atoms with Crippen molar-refractivity contribution in [1.29, 1.82) is 0 Å². The second-order valence-corrected chi connectivity index (χ2v) is 5.42. The molecule has 0 atom stereocenters. The van der Waals surface area contributed by atoms with E-state index >= 15 is 0 Å². The van der Waals surface area contributed by atoms with Crippen LogP contribution < -0.4 is 5.32 Å². The Labute approximate surface area is 137 Å². The quantitative estimate of drug-likeness (QED) is 0.529.